The van der Waals surface area contributed by atoms with Crippen LogP contribution in [0, 0.1) is 0 Å². The van der Waals surface area contributed by atoms with Crippen LogP contribution in [0.1, 0.15) is 36.7 Å². The van der Waals surface area contributed by atoms with Gasteiger partial charge in [0.25, 0.3) is 0 Å². The first-order valence-electron chi connectivity index (χ1n) is 7.53. The Morgan fingerprint density at radius 3 is 2.52 bits per heavy atom. The Hall–Kier alpha value is -2.61. The lowest BCUT2D eigenvalue weighted by Gasteiger charge is -2.26. The fourth-order valence-corrected chi connectivity index (χ4v) is 2.81. The van der Waals surface area contributed by atoms with Crippen LogP contribution >= 0.6 is 11.8 Å². The van der Waals surface area contributed by atoms with Gasteiger partial charge >= 0.3 is 6.09 Å². The predicted molar refractivity (Wildman–Crippen MR) is 99.3 cm³/mol. The van der Waals surface area contributed by atoms with Crippen LogP contribution < -0.4 is 10.6 Å². The maximum atomic E-state index is 11.3. The van der Waals surface area contributed by atoms with Gasteiger partial charge in [0.1, 0.15) is 5.82 Å². The van der Waals surface area contributed by atoms with E-state index in [2.05, 4.69) is 20.6 Å². The van der Waals surface area contributed by atoms with Crippen molar-refractivity contribution in [3.05, 3.63) is 35.5 Å². The van der Waals surface area contributed by atoms with Crippen molar-refractivity contribution in [3.8, 4) is 0 Å². The van der Waals surface area contributed by atoms with Gasteiger partial charge in [-0.3, -0.25) is 10.1 Å². The molecule has 25 heavy (non-hydrogen) atoms. The van der Waals surface area contributed by atoms with E-state index in [-0.39, 0.29) is 5.41 Å². The van der Waals surface area contributed by atoms with E-state index in [1.165, 1.54) is 18.0 Å². The number of thioether (sulfide) groups is 1. The van der Waals surface area contributed by atoms with E-state index in [0.29, 0.717) is 34.2 Å². The molecule has 0 radical (unpaired) electrons. The topological polar surface area (TPSA) is 104 Å². The molecule has 132 valence electrons. The third-order valence-electron chi connectivity index (χ3n) is 3.41. The van der Waals surface area contributed by atoms with Crippen LogP contribution in [0.2, 0.25) is 0 Å². The molecule has 0 aliphatic carbocycles. The molecule has 0 saturated carbocycles. The highest BCUT2D eigenvalue weighted by atomic mass is 32.2. The van der Waals surface area contributed by atoms with Crippen LogP contribution in [0.3, 0.4) is 0 Å². The minimum atomic E-state index is -1.14. The molecule has 1 heterocycles. The molecule has 1 aromatic carbocycles. The Labute approximate surface area is 150 Å². The molecule has 0 fully saturated rings. The molecule has 0 unspecified atom stereocenters. The number of nitrogens with zero attached hydrogens (tertiary/aromatic N) is 2. The van der Waals surface area contributed by atoms with Gasteiger partial charge in [0.2, 0.25) is 0 Å². The molecule has 0 aliphatic heterocycles. The van der Waals surface area contributed by atoms with Gasteiger partial charge in [-0.05, 0) is 23.8 Å². The summed E-state index contributed by atoms with van der Waals surface area (Å²) >= 11 is 1.37. The summed E-state index contributed by atoms with van der Waals surface area (Å²) in [6.45, 7) is 5.94. The molecule has 8 heteroatoms. The Bertz CT molecular complexity index is 803. The average molecular weight is 360 g/mol. The largest absolute Gasteiger partial charge is 0.465 e. The Morgan fingerprint density at radius 2 is 1.96 bits per heavy atom. The summed E-state index contributed by atoms with van der Waals surface area (Å²) in [6, 6.07) is 5.26. The van der Waals surface area contributed by atoms with Crippen molar-refractivity contribution in [1.29, 1.82) is 0 Å². The van der Waals surface area contributed by atoms with Gasteiger partial charge in [-0.25, -0.2) is 14.8 Å². The highest BCUT2D eigenvalue weighted by Crippen LogP contribution is 2.37. The quantitative estimate of drug-likeness (QED) is 0.418. The van der Waals surface area contributed by atoms with E-state index in [9.17, 15) is 9.59 Å². The van der Waals surface area contributed by atoms with Crippen LogP contribution in [0.15, 0.2) is 29.6 Å². The molecular weight excluding hydrogens is 340 g/mol. The lowest BCUT2D eigenvalue weighted by molar-refractivity contribution is 0.112. The van der Waals surface area contributed by atoms with Gasteiger partial charge in [0, 0.05) is 23.1 Å². The second kappa shape index (κ2) is 7.52. The van der Waals surface area contributed by atoms with E-state index in [1.807, 2.05) is 33.1 Å². The van der Waals surface area contributed by atoms with Crippen LogP contribution in [-0.4, -0.2) is 33.7 Å². The molecule has 7 nitrogen and oxygen atoms in total. The molecule has 3 N–H and O–H groups in total. The molecule has 2 aromatic rings. The number of anilines is 3. The zero-order valence-electron chi connectivity index (χ0n) is 14.5. The van der Waals surface area contributed by atoms with E-state index >= 15 is 0 Å². The Balaban J connectivity index is 2.56. The first kappa shape index (κ1) is 18.7. The number of aromatic nitrogens is 2. The molecule has 0 spiro atoms. The first-order chi connectivity index (χ1) is 11.8. The fraction of sp³-hybridized carbons (Fsp3) is 0.294. The van der Waals surface area contributed by atoms with E-state index < -0.39 is 6.09 Å². The van der Waals surface area contributed by atoms with Crippen LogP contribution in [0.5, 0.6) is 0 Å². The number of carbonyl (C=O) groups is 2. The van der Waals surface area contributed by atoms with Crippen molar-refractivity contribution in [1.82, 2.24) is 9.97 Å². The monoisotopic (exact) mass is 360 g/mol. The summed E-state index contributed by atoms with van der Waals surface area (Å²) in [5.41, 5.74) is 1.91. The predicted octanol–water partition coefficient (Wildman–Crippen LogP) is 4.14. The maximum Gasteiger partial charge on any atom is 0.409 e. The highest BCUT2D eigenvalue weighted by Gasteiger charge is 2.23. The molecule has 1 aromatic heterocycles. The van der Waals surface area contributed by atoms with Gasteiger partial charge < -0.3 is 10.4 Å². The summed E-state index contributed by atoms with van der Waals surface area (Å²) in [5, 5.41) is 15.2. The Morgan fingerprint density at radius 1 is 1.28 bits per heavy atom. The zero-order chi connectivity index (χ0) is 18.6. The van der Waals surface area contributed by atoms with Crippen LogP contribution in [-0.2, 0) is 5.41 Å². The van der Waals surface area contributed by atoms with Crippen molar-refractivity contribution < 1.29 is 14.7 Å². The van der Waals surface area contributed by atoms with Crippen LogP contribution in [0.25, 0.3) is 0 Å². The SMILES string of the molecule is CSc1ncc(C=O)c(Nc2cccc(NC(=O)O)c2C(C)(C)C)n1. The lowest BCUT2D eigenvalue weighted by atomic mass is 9.84. The number of hydrogen-bond donors (Lipinski definition) is 3. The first-order valence-corrected chi connectivity index (χ1v) is 8.75. The van der Waals surface area contributed by atoms with Crippen molar-refractivity contribution in [2.24, 2.45) is 0 Å². The number of hydrogen-bond acceptors (Lipinski definition) is 6. The van der Waals surface area contributed by atoms with Crippen LogP contribution in [0.4, 0.5) is 22.0 Å². The van der Waals surface area contributed by atoms with Crippen molar-refractivity contribution >= 4 is 41.3 Å². The summed E-state index contributed by atoms with van der Waals surface area (Å²) in [4.78, 5) is 30.8. The molecule has 2 rings (SSSR count). The molecular formula is C17H20N4O3S. The van der Waals surface area contributed by atoms with Gasteiger partial charge in [0.05, 0.1) is 5.56 Å². The molecule has 0 atom stereocenters. The molecule has 0 bridgehead atoms. The average Bonchev–Trinajstić information content (AvgIpc) is 2.53. The number of rotatable bonds is 5. The fourth-order valence-electron chi connectivity index (χ4n) is 2.47. The normalized spacial score (nSPS) is 11.0. The minimum Gasteiger partial charge on any atom is -0.465 e. The number of amides is 1. The highest BCUT2D eigenvalue weighted by molar-refractivity contribution is 7.98. The number of carboxylic acid groups (broad SMARTS) is 1. The second-order valence-corrected chi connectivity index (χ2v) is 7.09. The number of carbonyl (C=O) groups excluding carboxylic acids is 1. The summed E-state index contributed by atoms with van der Waals surface area (Å²) in [7, 11) is 0. The van der Waals surface area contributed by atoms with Crippen molar-refractivity contribution in [3.63, 3.8) is 0 Å². The van der Waals surface area contributed by atoms with E-state index in [0.717, 1.165) is 5.56 Å². The third-order valence-corrected chi connectivity index (χ3v) is 3.98. The van der Waals surface area contributed by atoms with E-state index in [4.69, 9.17) is 5.11 Å². The minimum absolute atomic E-state index is 0.328. The molecule has 0 saturated heterocycles. The van der Waals surface area contributed by atoms with Gasteiger partial charge in [-0.1, -0.05) is 38.6 Å². The van der Waals surface area contributed by atoms with Crippen molar-refractivity contribution in [2.45, 2.75) is 31.3 Å². The maximum absolute atomic E-state index is 11.3. The zero-order valence-corrected chi connectivity index (χ0v) is 15.3. The lowest BCUT2D eigenvalue weighted by Crippen LogP contribution is -2.19. The standard InChI is InChI=1S/C17H20N4O3S/c1-17(2,3)13-11(6-5-7-12(13)20-16(23)24)19-14-10(9-22)8-18-15(21-14)25-4/h5-9,20H,1-4H3,(H,23,24)(H,18,19,21). The van der Waals surface area contributed by atoms with Crippen molar-refractivity contribution in [2.75, 3.05) is 16.9 Å². The second-order valence-electron chi connectivity index (χ2n) is 6.31. The summed E-state index contributed by atoms with van der Waals surface area (Å²) in [6.07, 6.45) is 2.85. The smallest absolute Gasteiger partial charge is 0.409 e. The molecule has 1 amide bonds. The number of aldehydes is 1. The summed E-state index contributed by atoms with van der Waals surface area (Å²) in [5.74, 6) is 0.382. The van der Waals surface area contributed by atoms with Gasteiger partial charge in [-0.2, -0.15) is 0 Å². The third kappa shape index (κ3) is 4.48. The number of benzene rings is 1. The number of nitrogens with one attached hydrogen (secondary N) is 2. The van der Waals surface area contributed by atoms with Gasteiger partial charge in [0.15, 0.2) is 11.4 Å². The molecule has 0 aliphatic rings. The van der Waals surface area contributed by atoms with E-state index in [1.54, 1.807) is 12.1 Å². The summed E-state index contributed by atoms with van der Waals surface area (Å²) < 4.78 is 0. The van der Waals surface area contributed by atoms with Gasteiger partial charge in [-0.15, -0.1) is 0 Å². The Kier molecular flexibility index (Phi) is 5.63.